The van der Waals surface area contributed by atoms with Crippen LogP contribution in [0.1, 0.15) is 19.4 Å². The van der Waals surface area contributed by atoms with Crippen LogP contribution < -0.4 is 15.4 Å². The Morgan fingerprint density at radius 3 is 2.59 bits per heavy atom. The van der Waals surface area contributed by atoms with Gasteiger partial charge in [0.05, 0.1) is 37.0 Å². The lowest BCUT2D eigenvalue weighted by Gasteiger charge is -2.35. The molecule has 2 aromatic heterocycles. The van der Waals surface area contributed by atoms with Gasteiger partial charge in [-0.3, -0.25) is 0 Å². The van der Waals surface area contributed by atoms with E-state index in [1.54, 1.807) is 7.11 Å². The van der Waals surface area contributed by atoms with Crippen molar-refractivity contribution in [2.24, 2.45) is 0 Å². The summed E-state index contributed by atoms with van der Waals surface area (Å²) in [5, 5.41) is 10.3. The minimum atomic E-state index is -0.114. The van der Waals surface area contributed by atoms with Crippen LogP contribution in [0.15, 0.2) is 30.3 Å². The summed E-state index contributed by atoms with van der Waals surface area (Å²) >= 11 is 0. The summed E-state index contributed by atoms with van der Waals surface area (Å²) in [7, 11) is 1.58. The average molecular weight is 395 g/mol. The van der Waals surface area contributed by atoms with Crippen molar-refractivity contribution < 1.29 is 14.6 Å². The second kappa shape index (κ2) is 7.81. The Bertz CT molecular complexity index is 1030. The van der Waals surface area contributed by atoms with Crippen LogP contribution in [0.3, 0.4) is 0 Å². The molecule has 8 heteroatoms. The normalized spacial score (nSPS) is 19.5. The van der Waals surface area contributed by atoms with E-state index in [1.807, 2.05) is 44.2 Å². The van der Waals surface area contributed by atoms with E-state index in [4.69, 9.17) is 20.2 Å². The summed E-state index contributed by atoms with van der Waals surface area (Å²) in [6, 6.07) is 9.35. The van der Waals surface area contributed by atoms with Crippen molar-refractivity contribution in [2.45, 2.75) is 32.7 Å². The van der Waals surface area contributed by atoms with Crippen LogP contribution >= 0.6 is 0 Å². The summed E-state index contributed by atoms with van der Waals surface area (Å²) in [5.41, 5.74) is 9.05. The van der Waals surface area contributed by atoms with Crippen LogP contribution in [0, 0.1) is 0 Å². The Kier molecular flexibility index (Phi) is 5.21. The van der Waals surface area contributed by atoms with Gasteiger partial charge in [-0.2, -0.15) is 9.97 Å². The molecule has 1 aromatic carbocycles. The zero-order valence-electron chi connectivity index (χ0n) is 16.8. The van der Waals surface area contributed by atoms with Gasteiger partial charge in [-0.25, -0.2) is 4.98 Å². The van der Waals surface area contributed by atoms with Crippen molar-refractivity contribution >= 4 is 22.8 Å². The van der Waals surface area contributed by atoms with Crippen LogP contribution in [-0.4, -0.2) is 52.5 Å². The lowest BCUT2D eigenvalue weighted by Crippen LogP contribution is -2.46. The standard InChI is InChI=1S/C21H25N5O3/c1-12-9-26(10-13(2)29-12)21-24-19(22)16-5-6-17(23-20(16)25-21)14-4-7-18(28-3)15(8-14)11-27/h4-8,12-13,27H,9-11H2,1-3H3,(H2,22,23,24,25)/t12-,13+. The van der Waals surface area contributed by atoms with E-state index in [2.05, 4.69) is 14.9 Å². The first-order valence-electron chi connectivity index (χ1n) is 9.61. The molecular formula is C21H25N5O3. The van der Waals surface area contributed by atoms with Crippen LogP contribution in [-0.2, 0) is 11.3 Å². The van der Waals surface area contributed by atoms with Crippen molar-refractivity contribution in [2.75, 3.05) is 30.8 Å². The average Bonchev–Trinajstić information content (AvgIpc) is 2.72. The molecule has 3 N–H and O–H groups in total. The fourth-order valence-corrected chi connectivity index (χ4v) is 3.73. The van der Waals surface area contributed by atoms with Crippen molar-refractivity contribution in [3.05, 3.63) is 35.9 Å². The van der Waals surface area contributed by atoms with E-state index in [9.17, 15) is 5.11 Å². The van der Waals surface area contributed by atoms with E-state index >= 15 is 0 Å². The quantitative estimate of drug-likeness (QED) is 0.693. The van der Waals surface area contributed by atoms with E-state index in [1.165, 1.54) is 0 Å². The molecule has 8 nitrogen and oxygen atoms in total. The summed E-state index contributed by atoms with van der Waals surface area (Å²) in [4.78, 5) is 16.0. The Labute approximate surface area is 169 Å². The third-order valence-electron chi connectivity index (χ3n) is 5.03. The van der Waals surface area contributed by atoms with Crippen LogP contribution in [0.2, 0.25) is 0 Å². The van der Waals surface area contributed by atoms with Gasteiger partial charge in [0, 0.05) is 24.2 Å². The maximum absolute atomic E-state index is 9.60. The molecule has 0 saturated carbocycles. The molecule has 0 radical (unpaired) electrons. The zero-order valence-corrected chi connectivity index (χ0v) is 16.8. The molecule has 0 bridgehead atoms. The number of methoxy groups -OCH3 is 1. The lowest BCUT2D eigenvalue weighted by atomic mass is 10.1. The number of hydrogen-bond donors (Lipinski definition) is 2. The number of pyridine rings is 1. The van der Waals surface area contributed by atoms with E-state index in [-0.39, 0.29) is 18.8 Å². The minimum absolute atomic E-state index is 0.0924. The number of aliphatic hydroxyl groups excluding tert-OH is 1. The van der Waals surface area contributed by atoms with Crippen LogP contribution in [0.25, 0.3) is 22.3 Å². The summed E-state index contributed by atoms with van der Waals surface area (Å²) in [5.74, 6) is 1.61. The zero-order chi connectivity index (χ0) is 20.5. The van der Waals surface area contributed by atoms with Gasteiger partial charge in [0.15, 0.2) is 5.65 Å². The highest BCUT2D eigenvalue weighted by atomic mass is 16.5. The van der Waals surface area contributed by atoms with Gasteiger partial charge in [-0.05, 0) is 44.2 Å². The van der Waals surface area contributed by atoms with Gasteiger partial charge in [-0.15, -0.1) is 0 Å². The first-order chi connectivity index (χ1) is 14.0. The number of rotatable bonds is 4. The third-order valence-corrected chi connectivity index (χ3v) is 5.03. The number of nitrogen functional groups attached to an aromatic ring is 1. The molecule has 1 aliphatic rings. The number of aliphatic hydroxyl groups is 1. The Morgan fingerprint density at radius 1 is 1.14 bits per heavy atom. The number of anilines is 2. The lowest BCUT2D eigenvalue weighted by molar-refractivity contribution is -0.00569. The number of ether oxygens (including phenoxy) is 2. The first kappa shape index (κ1) is 19.4. The van der Waals surface area contributed by atoms with E-state index in [0.29, 0.717) is 47.2 Å². The minimum Gasteiger partial charge on any atom is -0.496 e. The molecular weight excluding hydrogens is 370 g/mol. The molecule has 2 atom stereocenters. The van der Waals surface area contributed by atoms with Crippen molar-refractivity contribution in [1.29, 1.82) is 0 Å². The van der Waals surface area contributed by atoms with E-state index < -0.39 is 0 Å². The van der Waals surface area contributed by atoms with Gasteiger partial charge in [0.2, 0.25) is 5.95 Å². The Balaban J connectivity index is 1.75. The number of benzene rings is 1. The highest BCUT2D eigenvalue weighted by Gasteiger charge is 2.25. The Morgan fingerprint density at radius 2 is 1.90 bits per heavy atom. The summed E-state index contributed by atoms with van der Waals surface area (Å²) < 4.78 is 11.1. The van der Waals surface area contributed by atoms with Gasteiger partial charge in [0.1, 0.15) is 11.6 Å². The molecule has 0 amide bonds. The number of hydrogen-bond acceptors (Lipinski definition) is 8. The van der Waals surface area contributed by atoms with Gasteiger partial charge in [-0.1, -0.05) is 0 Å². The summed E-state index contributed by atoms with van der Waals surface area (Å²) in [6.45, 7) is 5.36. The monoisotopic (exact) mass is 395 g/mol. The van der Waals surface area contributed by atoms with E-state index in [0.717, 1.165) is 11.3 Å². The predicted molar refractivity (Wildman–Crippen MR) is 112 cm³/mol. The number of morpholine rings is 1. The van der Waals surface area contributed by atoms with Crippen molar-refractivity contribution in [3.63, 3.8) is 0 Å². The third kappa shape index (κ3) is 3.81. The van der Waals surface area contributed by atoms with Crippen molar-refractivity contribution in [1.82, 2.24) is 15.0 Å². The molecule has 1 fully saturated rings. The number of aromatic nitrogens is 3. The first-order valence-corrected chi connectivity index (χ1v) is 9.61. The molecule has 3 heterocycles. The SMILES string of the molecule is COc1ccc(-c2ccc3c(N)nc(N4C[C@@H](C)O[C@@H](C)C4)nc3n2)cc1CO. The predicted octanol–water partition coefficient (Wildman–Crippen LogP) is 2.39. The number of nitrogens with two attached hydrogens (primary N) is 1. The molecule has 0 spiro atoms. The highest BCUT2D eigenvalue weighted by molar-refractivity contribution is 5.88. The van der Waals surface area contributed by atoms with Gasteiger partial charge >= 0.3 is 0 Å². The molecule has 3 aromatic rings. The number of nitrogens with zero attached hydrogens (tertiary/aromatic N) is 4. The topological polar surface area (TPSA) is 107 Å². The highest BCUT2D eigenvalue weighted by Crippen LogP contribution is 2.29. The molecule has 1 aliphatic heterocycles. The molecule has 4 rings (SSSR count). The van der Waals surface area contributed by atoms with Crippen LogP contribution in [0.5, 0.6) is 5.75 Å². The second-order valence-corrected chi connectivity index (χ2v) is 7.32. The molecule has 0 aliphatic carbocycles. The number of fused-ring (bicyclic) bond motifs is 1. The van der Waals surface area contributed by atoms with Crippen molar-refractivity contribution in [3.8, 4) is 17.0 Å². The second-order valence-electron chi connectivity index (χ2n) is 7.32. The van der Waals surface area contributed by atoms with Gasteiger partial charge < -0.3 is 25.2 Å². The van der Waals surface area contributed by atoms with Gasteiger partial charge in [0.25, 0.3) is 0 Å². The largest absolute Gasteiger partial charge is 0.496 e. The summed E-state index contributed by atoms with van der Waals surface area (Å²) in [6.07, 6.45) is 0.185. The maximum atomic E-state index is 9.60. The molecule has 1 saturated heterocycles. The van der Waals surface area contributed by atoms with Crippen LogP contribution in [0.4, 0.5) is 11.8 Å². The molecule has 29 heavy (non-hydrogen) atoms. The smallest absolute Gasteiger partial charge is 0.229 e. The maximum Gasteiger partial charge on any atom is 0.229 e. The Hall–Kier alpha value is -2.97. The molecule has 152 valence electrons. The fourth-order valence-electron chi connectivity index (χ4n) is 3.73. The fraction of sp³-hybridized carbons (Fsp3) is 0.381. The molecule has 0 unspecified atom stereocenters.